The summed E-state index contributed by atoms with van der Waals surface area (Å²) in [6.45, 7) is 0. The van der Waals surface area contributed by atoms with Gasteiger partial charge in [-0.05, 0) is 12.1 Å². The van der Waals surface area contributed by atoms with Gasteiger partial charge in [0, 0.05) is 25.0 Å². The topological polar surface area (TPSA) is 79.5 Å². The largest absolute Gasteiger partial charge is 0.507 e. The molecule has 1 aromatic heterocycles. The van der Waals surface area contributed by atoms with E-state index in [4.69, 9.17) is 0 Å². The minimum absolute atomic E-state index is 0.118. The zero-order valence-electron chi connectivity index (χ0n) is 10.9. The fourth-order valence-corrected chi connectivity index (χ4v) is 2.15. The van der Waals surface area contributed by atoms with Crippen LogP contribution in [0.15, 0.2) is 46.9 Å². The fourth-order valence-electron chi connectivity index (χ4n) is 1.42. The Morgan fingerprint density at radius 1 is 1.55 bits per heavy atom. The van der Waals surface area contributed by atoms with E-state index in [1.807, 2.05) is 17.8 Å². The van der Waals surface area contributed by atoms with E-state index in [0.717, 1.165) is 5.16 Å². The maximum absolute atomic E-state index is 11.6. The molecule has 1 heterocycles. The van der Waals surface area contributed by atoms with Crippen LogP contribution in [0, 0.1) is 0 Å². The third-order valence-electron chi connectivity index (χ3n) is 2.44. The summed E-state index contributed by atoms with van der Waals surface area (Å²) in [7, 11) is 1.86. The Bertz CT molecular complexity index is 624. The smallest absolute Gasteiger partial charge is 0.250 e. The SMILES string of the molecule is Cn1ccnc1SCC(=O)N/N=C/c1ccccc1O. The van der Waals surface area contributed by atoms with Gasteiger partial charge in [0.2, 0.25) is 0 Å². The normalized spacial score (nSPS) is 10.8. The van der Waals surface area contributed by atoms with Crippen LogP contribution in [0.5, 0.6) is 5.75 Å². The second kappa shape index (κ2) is 6.76. The molecule has 0 aliphatic heterocycles. The zero-order valence-corrected chi connectivity index (χ0v) is 11.7. The Morgan fingerprint density at radius 2 is 2.35 bits per heavy atom. The van der Waals surface area contributed by atoms with Crippen LogP contribution in [0.4, 0.5) is 0 Å². The minimum Gasteiger partial charge on any atom is -0.507 e. The van der Waals surface area contributed by atoms with Gasteiger partial charge in [-0.15, -0.1) is 0 Å². The van der Waals surface area contributed by atoms with Gasteiger partial charge in [-0.1, -0.05) is 23.9 Å². The van der Waals surface area contributed by atoms with Gasteiger partial charge in [-0.25, -0.2) is 10.4 Å². The first-order valence-electron chi connectivity index (χ1n) is 5.87. The Labute approximate surface area is 120 Å². The molecule has 6 nitrogen and oxygen atoms in total. The summed E-state index contributed by atoms with van der Waals surface area (Å²) in [4.78, 5) is 15.7. The van der Waals surface area contributed by atoms with E-state index >= 15 is 0 Å². The molecule has 1 amide bonds. The molecule has 2 N–H and O–H groups in total. The van der Waals surface area contributed by atoms with Crippen LogP contribution in [0.1, 0.15) is 5.56 Å². The Balaban J connectivity index is 1.81. The Kier molecular flexibility index (Phi) is 4.78. The number of carbonyl (C=O) groups is 1. The lowest BCUT2D eigenvalue weighted by Crippen LogP contribution is -2.19. The lowest BCUT2D eigenvalue weighted by atomic mass is 10.2. The molecule has 0 atom stereocenters. The highest BCUT2D eigenvalue weighted by Crippen LogP contribution is 2.14. The van der Waals surface area contributed by atoms with Gasteiger partial charge >= 0.3 is 0 Å². The van der Waals surface area contributed by atoms with E-state index in [2.05, 4.69) is 15.5 Å². The quantitative estimate of drug-likeness (QED) is 0.495. The molecule has 20 heavy (non-hydrogen) atoms. The van der Waals surface area contributed by atoms with Crippen molar-refractivity contribution in [2.45, 2.75) is 5.16 Å². The second-order valence-electron chi connectivity index (χ2n) is 3.96. The van der Waals surface area contributed by atoms with Crippen LogP contribution < -0.4 is 5.43 Å². The molecule has 0 spiro atoms. The monoisotopic (exact) mass is 290 g/mol. The predicted octanol–water partition coefficient (Wildman–Crippen LogP) is 1.37. The van der Waals surface area contributed by atoms with Crippen LogP contribution in [0.25, 0.3) is 0 Å². The summed E-state index contributed by atoms with van der Waals surface area (Å²) in [5.74, 6) is 0.112. The average molecular weight is 290 g/mol. The van der Waals surface area contributed by atoms with Gasteiger partial charge in [-0.3, -0.25) is 4.79 Å². The molecule has 0 bridgehead atoms. The number of hydrazone groups is 1. The molecule has 2 aromatic rings. The number of amides is 1. The molecule has 0 saturated heterocycles. The number of phenolic OH excluding ortho intramolecular Hbond substituents is 1. The first-order chi connectivity index (χ1) is 9.66. The number of imidazole rings is 1. The number of hydrogen-bond acceptors (Lipinski definition) is 5. The highest BCUT2D eigenvalue weighted by molar-refractivity contribution is 7.99. The molecule has 0 unspecified atom stereocenters. The van der Waals surface area contributed by atoms with Crippen molar-refractivity contribution in [1.29, 1.82) is 0 Å². The number of rotatable bonds is 5. The van der Waals surface area contributed by atoms with E-state index in [1.54, 1.807) is 30.5 Å². The van der Waals surface area contributed by atoms with Crippen LogP contribution in [-0.2, 0) is 11.8 Å². The predicted molar refractivity (Wildman–Crippen MR) is 77.8 cm³/mol. The number of aryl methyl sites for hydroxylation is 1. The van der Waals surface area contributed by atoms with Crippen molar-refractivity contribution in [3.8, 4) is 5.75 Å². The number of nitrogens with one attached hydrogen (secondary N) is 1. The minimum atomic E-state index is -0.232. The number of para-hydroxylation sites is 1. The number of aromatic nitrogens is 2. The molecular weight excluding hydrogens is 276 g/mol. The summed E-state index contributed by atoms with van der Waals surface area (Å²) in [5, 5.41) is 14.1. The molecule has 7 heteroatoms. The number of hydrogen-bond donors (Lipinski definition) is 2. The van der Waals surface area contributed by atoms with Gasteiger partial charge in [-0.2, -0.15) is 5.10 Å². The maximum atomic E-state index is 11.6. The van der Waals surface area contributed by atoms with E-state index in [-0.39, 0.29) is 17.4 Å². The van der Waals surface area contributed by atoms with Crippen LogP contribution >= 0.6 is 11.8 Å². The first kappa shape index (κ1) is 14.1. The van der Waals surface area contributed by atoms with Crippen molar-refractivity contribution in [2.75, 3.05) is 5.75 Å². The first-order valence-corrected chi connectivity index (χ1v) is 6.85. The zero-order chi connectivity index (χ0) is 14.4. The van der Waals surface area contributed by atoms with E-state index in [9.17, 15) is 9.90 Å². The number of benzene rings is 1. The molecular formula is C13H14N4O2S. The van der Waals surface area contributed by atoms with E-state index in [1.165, 1.54) is 18.0 Å². The third kappa shape index (κ3) is 3.86. The van der Waals surface area contributed by atoms with Gasteiger partial charge in [0.1, 0.15) is 5.75 Å². The third-order valence-corrected chi connectivity index (χ3v) is 3.50. The molecule has 1 aromatic carbocycles. The van der Waals surface area contributed by atoms with E-state index < -0.39 is 0 Å². The van der Waals surface area contributed by atoms with Crippen molar-refractivity contribution < 1.29 is 9.90 Å². The summed E-state index contributed by atoms with van der Waals surface area (Å²) in [5.41, 5.74) is 2.95. The van der Waals surface area contributed by atoms with Crippen molar-refractivity contribution in [3.05, 3.63) is 42.2 Å². The summed E-state index contributed by atoms with van der Waals surface area (Å²) in [6.07, 6.45) is 4.89. The molecule has 0 aliphatic rings. The van der Waals surface area contributed by atoms with Crippen molar-refractivity contribution in [1.82, 2.24) is 15.0 Å². The van der Waals surface area contributed by atoms with Crippen LogP contribution in [-0.4, -0.2) is 32.5 Å². The highest BCUT2D eigenvalue weighted by atomic mass is 32.2. The molecule has 0 radical (unpaired) electrons. The fraction of sp³-hybridized carbons (Fsp3) is 0.154. The number of thioether (sulfide) groups is 1. The second-order valence-corrected chi connectivity index (χ2v) is 4.90. The number of nitrogens with zero attached hydrogens (tertiary/aromatic N) is 3. The Hall–Kier alpha value is -2.28. The van der Waals surface area contributed by atoms with Crippen molar-refractivity contribution in [3.63, 3.8) is 0 Å². The Morgan fingerprint density at radius 3 is 3.05 bits per heavy atom. The number of phenols is 1. The summed E-state index contributed by atoms with van der Waals surface area (Å²) in [6, 6.07) is 6.75. The maximum Gasteiger partial charge on any atom is 0.250 e. The van der Waals surface area contributed by atoms with Gasteiger partial charge in [0.05, 0.1) is 12.0 Å². The van der Waals surface area contributed by atoms with Crippen LogP contribution in [0.3, 0.4) is 0 Å². The van der Waals surface area contributed by atoms with Crippen molar-refractivity contribution in [2.24, 2.45) is 12.1 Å². The van der Waals surface area contributed by atoms with Gasteiger partial charge in [0.15, 0.2) is 5.16 Å². The molecule has 0 saturated carbocycles. The average Bonchev–Trinajstić information content (AvgIpc) is 2.84. The number of carbonyl (C=O) groups excluding carboxylic acids is 1. The van der Waals surface area contributed by atoms with Crippen molar-refractivity contribution >= 4 is 23.9 Å². The molecule has 2 rings (SSSR count). The lowest BCUT2D eigenvalue weighted by Gasteiger charge is -2.01. The summed E-state index contributed by atoms with van der Waals surface area (Å²) >= 11 is 1.33. The van der Waals surface area contributed by atoms with Gasteiger partial charge in [0.25, 0.3) is 5.91 Å². The highest BCUT2D eigenvalue weighted by Gasteiger charge is 2.04. The molecule has 0 fully saturated rings. The number of aromatic hydroxyl groups is 1. The lowest BCUT2D eigenvalue weighted by molar-refractivity contribution is -0.118. The standard InChI is InChI=1S/C13H14N4O2S/c1-17-7-6-14-13(17)20-9-12(19)16-15-8-10-4-2-3-5-11(10)18/h2-8,18H,9H2,1H3,(H,16,19)/b15-8+. The summed E-state index contributed by atoms with van der Waals surface area (Å²) < 4.78 is 1.84. The molecule has 104 valence electrons. The molecule has 0 aliphatic carbocycles. The van der Waals surface area contributed by atoms with Crippen LogP contribution in [0.2, 0.25) is 0 Å². The van der Waals surface area contributed by atoms with Gasteiger partial charge < -0.3 is 9.67 Å². The van der Waals surface area contributed by atoms with E-state index in [0.29, 0.717) is 5.56 Å².